The smallest absolute Gasteiger partial charge is 0.231 e. The lowest BCUT2D eigenvalue weighted by Gasteiger charge is -2.22. The standard InChI is InChI=1S/C17H17N3O4S/c1-10-8-18-17(25-10)19-16(22)11-6-15(21)20(9-11)12-2-3-13-14(7-12)24-5-4-23-13/h2-3,7-8,11H,4-6,9H2,1H3,(H,18,19,22)/t11-/m0/s1. The third-order valence-corrected chi connectivity index (χ3v) is 5.01. The molecule has 2 amide bonds. The topological polar surface area (TPSA) is 80.8 Å². The van der Waals surface area contributed by atoms with Crippen molar-refractivity contribution in [3.05, 3.63) is 29.3 Å². The van der Waals surface area contributed by atoms with Crippen LogP contribution in [0.15, 0.2) is 24.4 Å². The molecule has 7 nitrogen and oxygen atoms in total. The fraction of sp³-hybridized carbons (Fsp3) is 0.353. The maximum absolute atomic E-state index is 12.4. The Kier molecular flexibility index (Phi) is 4.04. The number of fused-ring (bicyclic) bond motifs is 1. The Hall–Kier alpha value is -2.61. The van der Waals surface area contributed by atoms with E-state index in [-0.39, 0.29) is 18.2 Å². The number of carbonyl (C=O) groups excluding carboxylic acids is 2. The molecule has 0 bridgehead atoms. The van der Waals surface area contributed by atoms with Gasteiger partial charge in [0.05, 0.1) is 5.92 Å². The molecule has 1 fully saturated rings. The van der Waals surface area contributed by atoms with Crippen LogP contribution in [0.1, 0.15) is 11.3 Å². The molecule has 3 heterocycles. The third kappa shape index (κ3) is 3.17. The molecule has 0 unspecified atom stereocenters. The van der Waals surface area contributed by atoms with Crippen LogP contribution in [-0.2, 0) is 9.59 Å². The highest BCUT2D eigenvalue weighted by molar-refractivity contribution is 7.15. The Morgan fingerprint density at radius 1 is 1.32 bits per heavy atom. The monoisotopic (exact) mass is 359 g/mol. The van der Waals surface area contributed by atoms with Gasteiger partial charge in [-0.1, -0.05) is 0 Å². The molecular formula is C17H17N3O4S. The number of rotatable bonds is 3. The summed E-state index contributed by atoms with van der Waals surface area (Å²) < 4.78 is 11.1. The van der Waals surface area contributed by atoms with Crippen molar-refractivity contribution in [2.75, 3.05) is 30.0 Å². The van der Waals surface area contributed by atoms with Crippen LogP contribution in [0.5, 0.6) is 11.5 Å². The molecule has 25 heavy (non-hydrogen) atoms. The lowest BCUT2D eigenvalue weighted by molar-refractivity contribution is -0.122. The summed E-state index contributed by atoms with van der Waals surface area (Å²) in [6.45, 7) is 3.28. The van der Waals surface area contributed by atoms with Crippen molar-refractivity contribution < 1.29 is 19.1 Å². The predicted molar refractivity (Wildman–Crippen MR) is 93.4 cm³/mol. The minimum Gasteiger partial charge on any atom is -0.486 e. The molecule has 0 aliphatic carbocycles. The summed E-state index contributed by atoms with van der Waals surface area (Å²) in [7, 11) is 0. The van der Waals surface area contributed by atoms with Crippen molar-refractivity contribution >= 4 is 34.0 Å². The quantitative estimate of drug-likeness (QED) is 0.909. The zero-order valence-electron chi connectivity index (χ0n) is 13.7. The highest BCUT2D eigenvalue weighted by atomic mass is 32.1. The van der Waals surface area contributed by atoms with Gasteiger partial charge < -0.3 is 19.7 Å². The molecule has 1 aromatic carbocycles. The van der Waals surface area contributed by atoms with Gasteiger partial charge in [0.1, 0.15) is 13.2 Å². The zero-order chi connectivity index (χ0) is 17.4. The van der Waals surface area contributed by atoms with E-state index in [4.69, 9.17) is 9.47 Å². The summed E-state index contributed by atoms with van der Waals surface area (Å²) >= 11 is 1.42. The first-order valence-corrected chi connectivity index (χ1v) is 8.85. The van der Waals surface area contributed by atoms with Crippen molar-refractivity contribution in [3.8, 4) is 11.5 Å². The van der Waals surface area contributed by atoms with Gasteiger partial charge in [0.2, 0.25) is 11.8 Å². The number of hydrogen-bond acceptors (Lipinski definition) is 6. The minimum absolute atomic E-state index is 0.0767. The molecule has 0 saturated carbocycles. The maximum atomic E-state index is 12.4. The average Bonchev–Trinajstić information content (AvgIpc) is 3.20. The molecule has 2 aliphatic rings. The summed E-state index contributed by atoms with van der Waals surface area (Å²) in [6, 6.07) is 5.40. The zero-order valence-corrected chi connectivity index (χ0v) is 14.5. The molecule has 2 aromatic rings. The van der Waals surface area contributed by atoms with E-state index in [1.807, 2.05) is 13.0 Å². The first kappa shape index (κ1) is 15.9. The summed E-state index contributed by atoms with van der Waals surface area (Å²) in [5.41, 5.74) is 0.717. The SMILES string of the molecule is Cc1cnc(NC(=O)[C@H]2CC(=O)N(c3ccc4c(c3)OCCO4)C2)s1. The van der Waals surface area contributed by atoms with Gasteiger partial charge >= 0.3 is 0 Å². The Balaban J connectivity index is 1.47. The van der Waals surface area contributed by atoms with Crippen LogP contribution in [0.4, 0.5) is 10.8 Å². The first-order chi connectivity index (χ1) is 12.1. The average molecular weight is 359 g/mol. The van der Waals surface area contributed by atoms with Gasteiger partial charge in [-0.25, -0.2) is 4.98 Å². The second-order valence-corrected chi connectivity index (χ2v) is 7.23. The molecule has 1 N–H and O–H groups in total. The van der Waals surface area contributed by atoms with Gasteiger partial charge in [-0.15, -0.1) is 11.3 Å². The van der Waals surface area contributed by atoms with Crippen molar-refractivity contribution in [3.63, 3.8) is 0 Å². The van der Waals surface area contributed by atoms with Gasteiger partial charge in [0.25, 0.3) is 0 Å². The van der Waals surface area contributed by atoms with E-state index < -0.39 is 5.92 Å². The Bertz CT molecular complexity index is 835. The fourth-order valence-corrected chi connectivity index (χ4v) is 3.62. The van der Waals surface area contributed by atoms with Crippen LogP contribution in [0.2, 0.25) is 0 Å². The number of amides is 2. The van der Waals surface area contributed by atoms with Crippen molar-refractivity contribution in [2.45, 2.75) is 13.3 Å². The molecule has 4 rings (SSSR count). The number of nitrogens with zero attached hydrogens (tertiary/aromatic N) is 2. The lowest BCUT2D eigenvalue weighted by Crippen LogP contribution is -2.28. The van der Waals surface area contributed by atoms with Crippen LogP contribution in [0.3, 0.4) is 0 Å². The maximum Gasteiger partial charge on any atom is 0.231 e. The highest BCUT2D eigenvalue weighted by Gasteiger charge is 2.35. The van der Waals surface area contributed by atoms with E-state index in [9.17, 15) is 9.59 Å². The second kappa shape index (κ2) is 6.36. The number of benzene rings is 1. The molecule has 1 saturated heterocycles. The first-order valence-electron chi connectivity index (χ1n) is 8.03. The number of ether oxygens (including phenoxy) is 2. The van der Waals surface area contributed by atoms with E-state index in [0.717, 1.165) is 10.6 Å². The number of hydrogen-bond donors (Lipinski definition) is 1. The number of aryl methyl sites for hydroxylation is 1. The molecular weight excluding hydrogens is 342 g/mol. The van der Waals surface area contributed by atoms with Crippen LogP contribution in [-0.4, -0.2) is 36.6 Å². The van der Waals surface area contributed by atoms with E-state index in [2.05, 4.69) is 10.3 Å². The fourth-order valence-electron chi connectivity index (χ4n) is 2.95. The normalized spacial score (nSPS) is 19.2. The molecule has 130 valence electrons. The number of thiazole rings is 1. The summed E-state index contributed by atoms with van der Waals surface area (Å²) in [5.74, 6) is 0.651. The van der Waals surface area contributed by atoms with Gasteiger partial charge in [-0.2, -0.15) is 0 Å². The number of aromatic nitrogens is 1. The summed E-state index contributed by atoms with van der Waals surface area (Å²) in [5, 5.41) is 3.35. The second-order valence-electron chi connectivity index (χ2n) is 6.00. The van der Waals surface area contributed by atoms with Crippen molar-refractivity contribution in [2.24, 2.45) is 5.92 Å². The third-order valence-electron chi connectivity index (χ3n) is 4.18. The van der Waals surface area contributed by atoms with Crippen LogP contribution >= 0.6 is 11.3 Å². The van der Waals surface area contributed by atoms with E-state index in [0.29, 0.717) is 36.4 Å². The molecule has 0 radical (unpaired) electrons. The predicted octanol–water partition coefficient (Wildman–Crippen LogP) is 2.21. The number of anilines is 2. The van der Waals surface area contributed by atoms with E-state index in [1.54, 1.807) is 23.2 Å². The van der Waals surface area contributed by atoms with E-state index in [1.165, 1.54) is 11.3 Å². The van der Waals surface area contributed by atoms with Gasteiger partial charge in [-0.05, 0) is 19.1 Å². The van der Waals surface area contributed by atoms with Gasteiger partial charge in [0.15, 0.2) is 16.6 Å². The molecule has 1 atom stereocenters. The molecule has 1 aromatic heterocycles. The molecule has 0 spiro atoms. The van der Waals surface area contributed by atoms with Gasteiger partial charge in [0, 0.05) is 35.8 Å². The lowest BCUT2D eigenvalue weighted by atomic mass is 10.1. The largest absolute Gasteiger partial charge is 0.486 e. The van der Waals surface area contributed by atoms with Crippen LogP contribution in [0.25, 0.3) is 0 Å². The van der Waals surface area contributed by atoms with Crippen molar-refractivity contribution in [1.82, 2.24) is 4.98 Å². The Morgan fingerprint density at radius 2 is 2.12 bits per heavy atom. The Morgan fingerprint density at radius 3 is 2.88 bits per heavy atom. The highest BCUT2D eigenvalue weighted by Crippen LogP contribution is 2.36. The molecule has 8 heteroatoms. The van der Waals surface area contributed by atoms with Crippen molar-refractivity contribution in [1.29, 1.82) is 0 Å². The molecule has 2 aliphatic heterocycles. The summed E-state index contributed by atoms with van der Waals surface area (Å²) in [6.07, 6.45) is 1.90. The van der Waals surface area contributed by atoms with E-state index >= 15 is 0 Å². The number of carbonyl (C=O) groups is 2. The minimum atomic E-state index is -0.398. The number of nitrogens with one attached hydrogen (secondary N) is 1. The Labute approximate surface area is 148 Å². The van der Waals surface area contributed by atoms with Crippen LogP contribution in [0, 0.1) is 12.8 Å². The summed E-state index contributed by atoms with van der Waals surface area (Å²) in [4.78, 5) is 31.6. The van der Waals surface area contributed by atoms with Crippen LogP contribution < -0.4 is 19.7 Å². The van der Waals surface area contributed by atoms with Gasteiger partial charge in [-0.3, -0.25) is 9.59 Å².